The van der Waals surface area contributed by atoms with Crippen molar-refractivity contribution in [2.24, 2.45) is 0 Å². The molecule has 2 amide bonds. The maximum absolute atomic E-state index is 14.6. The van der Waals surface area contributed by atoms with Crippen LogP contribution in [0.5, 0.6) is 0 Å². The third-order valence-electron chi connectivity index (χ3n) is 7.69. The number of benzene rings is 4. The molecule has 1 N–H and O–H groups in total. The highest BCUT2D eigenvalue weighted by Gasteiger charge is 2.36. The zero-order valence-electron chi connectivity index (χ0n) is 26.1. The normalized spacial score (nSPS) is 12.7. The van der Waals surface area contributed by atoms with Crippen molar-refractivity contribution in [2.45, 2.75) is 57.1 Å². The number of nitrogens with one attached hydrogen (secondary N) is 1. The molecule has 4 aromatic rings. The number of anilines is 1. The molecule has 0 bridgehead atoms. The second-order valence-corrected chi connectivity index (χ2v) is 14.8. The fraction of sp³-hybridized carbons (Fsp3) is 0.257. The van der Waals surface area contributed by atoms with Crippen LogP contribution in [0.1, 0.15) is 37.0 Å². The Hall–Kier alpha value is -3.27. The van der Waals surface area contributed by atoms with E-state index in [4.69, 9.17) is 46.4 Å². The molecule has 0 saturated heterocycles. The first-order chi connectivity index (χ1) is 22.3. The van der Waals surface area contributed by atoms with Gasteiger partial charge in [0.2, 0.25) is 11.8 Å². The van der Waals surface area contributed by atoms with Gasteiger partial charge in [0.25, 0.3) is 10.0 Å². The lowest BCUT2D eigenvalue weighted by molar-refractivity contribution is -0.140. The highest BCUT2D eigenvalue weighted by atomic mass is 35.5. The quantitative estimate of drug-likeness (QED) is 0.150. The predicted octanol–water partition coefficient (Wildman–Crippen LogP) is 8.36. The van der Waals surface area contributed by atoms with E-state index in [1.165, 1.54) is 35.2 Å². The van der Waals surface area contributed by atoms with Gasteiger partial charge in [-0.15, -0.1) is 0 Å². The van der Waals surface area contributed by atoms with E-state index >= 15 is 0 Å². The zero-order chi connectivity index (χ0) is 34.3. The van der Waals surface area contributed by atoms with E-state index in [0.29, 0.717) is 17.0 Å². The lowest BCUT2D eigenvalue weighted by atomic mass is 10.0. The molecule has 0 aliphatic rings. The van der Waals surface area contributed by atoms with Crippen molar-refractivity contribution >= 4 is 73.9 Å². The van der Waals surface area contributed by atoms with Crippen LogP contribution in [0.25, 0.3) is 0 Å². The summed E-state index contributed by atoms with van der Waals surface area (Å²) >= 11 is 25.6. The maximum atomic E-state index is 14.6. The fourth-order valence-corrected chi connectivity index (χ4v) is 7.19. The second kappa shape index (κ2) is 16.2. The van der Waals surface area contributed by atoms with Gasteiger partial charge in [0.1, 0.15) is 12.6 Å². The molecule has 0 heterocycles. The molecule has 4 rings (SSSR count). The Kier molecular flexibility index (Phi) is 12.6. The molecule has 0 radical (unpaired) electrons. The molecule has 4 aromatic carbocycles. The zero-order valence-corrected chi connectivity index (χ0v) is 29.9. The molecule has 0 saturated carbocycles. The fourth-order valence-electron chi connectivity index (χ4n) is 4.86. The smallest absolute Gasteiger partial charge is 0.264 e. The third-order valence-corrected chi connectivity index (χ3v) is 10.6. The number of carbonyl (C=O) groups is 2. The van der Waals surface area contributed by atoms with Gasteiger partial charge in [-0.3, -0.25) is 13.9 Å². The van der Waals surface area contributed by atoms with Crippen molar-refractivity contribution in [3.8, 4) is 0 Å². The van der Waals surface area contributed by atoms with Crippen LogP contribution in [-0.2, 0) is 32.6 Å². The van der Waals surface area contributed by atoms with E-state index in [2.05, 4.69) is 5.32 Å². The van der Waals surface area contributed by atoms with Gasteiger partial charge in [0, 0.05) is 34.1 Å². The standard InChI is InChI=1S/C35H35Cl4N3O4S/c1-4-24(3)40-35(44)33(18-25-8-6-5-7-9-25)41(21-26-12-13-27(36)19-31(26)39)34(43)22-42(32-20-28(37)14-17-30(32)38)47(45,46)29-15-10-23(2)11-16-29/h5-17,19-20,24,33H,4,18,21-22H2,1-3H3,(H,40,44)/t24-,33-/m1/s1. The van der Waals surface area contributed by atoms with E-state index in [0.717, 1.165) is 15.4 Å². The molecule has 0 aliphatic carbocycles. The van der Waals surface area contributed by atoms with Crippen LogP contribution in [0.15, 0.2) is 95.9 Å². The number of carbonyl (C=O) groups excluding carboxylic acids is 2. The van der Waals surface area contributed by atoms with Gasteiger partial charge in [0.15, 0.2) is 0 Å². The minimum Gasteiger partial charge on any atom is -0.352 e. The van der Waals surface area contributed by atoms with Crippen molar-refractivity contribution in [1.82, 2.24) is 10.2 Å². The van der Waals surface area contributed by atoms with Gasteiger partial charge in [-0.1, -0.05) is 107 Å². The molecule has 2 atom stereocenters. The van der Waals surface area contributed by atoms with Crippen LogP contribution >= 0.6 is 46.4 Å². The number of nitrogens with zero attached hydrogens (tertiary/aromatic N) is 2. The van der Waals surface area contributed by atoms with Gasteiger partial charge >= 0.3 is 0 Å². The minimum atomic E-state index is -4.35. The lowest BCUT2D eigenvalue weighted by Crippen LogP contribution is -2.54. The van der Waals surface area contributed by atoms with Gasteiger partial charge in [-0.25, -0.2) is 8.42 Å². The van der Waals surface area contributed by atoms with Crippen LogP contribution in [0.2, 0.25) is 20.1 Å². The molecule has 47 heavy (non-hydrogen) atoms. The Morgan fingerprint density at radius 1 is 0.830 bits per heavy atom. The summed E-state index contributed by atoms with van der Waals surface area (Å²) in [4.78, 5) is 29.9. The first kappa shape index (κ1) is 36.6. The van der Waals surface area contributed by atoms with E-state index in [1.807, 2.05) is 51.1 Å². The van der Waals surface area contributed by atoms with Crippen molar-refractivity contribution in [3.63, 3.8) is 0 Å². The van der Waals surface area contributed by atoms with Crippen LogP contribution < -0.4 is 9.62 Å². The summed E-state index contributed by atoms with van der Waals surface area (Å²) in [6.45, 7) is 4.85. The monoisotopic (exact) mass is 733 g/mol. The van der Waals surface area contributed by atoms with Crippen LogP contribution in [0.3, 0.4) is 0 Å². The van der Waals surface area contributed by atoms with Crippen molar-refractivity contribution in [1.29, 1.82) is 0 Å². The summed E-state index contributed by atoms with van der Waals surface area (Å²) in [5.41, 5.74) is 2.20. The molecular weight excluding hydrogens is 700 g/mol. The van der Waals surface area contributed by atoms with E-state index < -0.39 is 34.4 Å². The first-order valence-electron chi connectivity index (χ1n) is 14.9. The summed E-state index contributed by atoms with van der Waals surface area (Å²) in [6.07, 6.45) is 0.819. The molecule has 0 fully saturated rings. The van der Waals surface area contributed by atoms with Crippen molar-refractivity contribution in [3.05, 3.63) is 128 Å². The Balaban J connectivity index is 1.86. The number of amides is 2. The molecule has 7 nitrogen and oxygen atoms in total. The topological polar surface area (TPSA) is 86.8 Å². The van der Waals surface area contributed by atoms with Gasteiger partial charge < -0.3 is 10.2 Å². The average molecular weight is 736 g/mol. The predicted molar refractivity (Wildman–Crippen MR) is 191 cm³/mol. The number of sulfonamides is 1. The Bertz CT molecular complexity index is 1820. The molecule has 248 valence electrons. The highest BCUT2D eigenvalue weighted by Crippen LogP contribution is 2.34. The molecule has 0 unspecified atom stereocenters. The summed E-state index contributed by atoms with van der Waals surface area (Å²) < 4.78 is 29.4. The molecular formula is C35H35Cl4N3O4S. The van der Waals surface area contributed by atoms with Gasteiger partial charge in [-0.2, -0.15) is 0 Å². The first-order valence-corrected chi connectivity index (χ1v) is 17.9. The Labute approximate surface area is 296 Å². The number of halogens is 4. The summed E-state index contributed by atoms with van der Waals surface area (Å²) in [5.74, 6) is -1.06. The second-order valence-electron chi connectivity index (χ2n) is 11.2. The molecule has 0 aliphatic heterocycles. The number of aryl methyl sites for hydroxylation is 1. The molecule has 12 heteroatoms. The van der Waals surface area contributed by atoms with Gasteiger partial charge in [0.05, 0.1) is 15.6 Å². The van der Waals surface area contributed by atoms with E-state index in [1.54, 1.807) is 30.3 Å². The highest BCUT2D eigenvalue weighted by molar-refractivity contribution is 7.92. The largest absolute Gasteiger partial charge is 0.352 e. The average Bonchev–Trinajstić information content (AvgIpc) is 3.04. The number of rotatable bonds is 13. The Morgan fingerprint density at radius 3 is 2.11 bits per heavy atom. The molecule has 0 aromatic heterocycles. The summed E-state index contributed by atoms with van der Waals surface area (Å²) in [5, 5.41) is 3.98. The van der Waals surface area contributed by atoms with Crippen LogP contribution in [-0.4, -0.2) is 43.8 Å². The summed E-state index contributed by atoms with van der Waals surface area (Å²) in [6, 6.07) is 23.5. The molecule has 0 spiro atoms. The van der Waals surface area contributed by atoms with Crippen molar-refractivity contribution < 1.29 is 18.0 Å². The third kappa shape index (κ3) is 9.42. The van der Waals surface area contributed by atoms with E-state index in [-0.39, 0.29) is 44.7 Å². The minimum absolute atomic E-state index is 0.0150. The van der Waals surface area contributed by atoms with E-state index in [9.17, 15) is 18.0 Å². The van der Waals surface area contributed by atoms with Gasteiger partial charge in [-0.05, 0) is 73.9 Å². The SMILES string of the molecule is CC[C@@H](C)NC(=O)[C@@H](Cc1ccccc1)N(Cc1ccc(Cl)cc1Cl)C(=O)CN(c1cc(Cl)ccc1Cl)S(=O)(=O)c1ccc(C)cc1. The lowest BCUT2D eigenvalue weighted by Gasteiger charge is -2.34. The number of hydrogen-bond donors (Lipinski definition) is 1. The Morgan fingerprint density at radius 2 is 1.47 bits per heavy atom. The van der Waals surface area contributed by atoms with Crippen LogP contribution in [0.4, 0.5) is 5.69 Å². The van der Waals surface area contributed by atoms with Crippen LogP contribution in [0, 0.1) is 6.92 Å². The number of hydrogen-bond acceptors (Lipinski definition) is 4. The maximum Gasteiger partial charge on any atom is 0.264 e. The summed E-state index contributed by atoms with van der Waals surface area (Å²) in [7, 11) is -4.35. The van der Waals surface area contributed by atoms with Crippen molar-refractivity contribution in [2.75, 3.05) is 10.8 Å².